The number of nitrogens with zero attached hydrogens (tertiary/aromatic N) is 1. The highest BCUT2D eigenvalue weighted by molar-refractivity contribution is 7.98. The van der Waals surface area contributed by atoms with E-state index in [0.29, 0.717) is 34.7 Å². The Morgan fingerprint density at radius 3 is 2.81 bits per heavy atom. The lowest BCUT2D eigenvalue weighted by molar-refractivity contribution is 0.489. The van der Waals surface area contributed by atoms with Gasteiger partial charge in [-0.15, -0.1) is 11.6 Å². The average molecular weight is 398 g/mol. The van der Waals surface area contributed by atoms with Gasteiger partial charge in [-0.25, -0.2) is 4.79 Å². The summed E-state index contributed by atoms with van der Waals surface area (Å²) < 4.78 is 11.5. The van der Waals surface area contributed by atoms with Crippen LogP contribution in [0.4, 0.5) is 0 Å². The summed E-state index contributed by atoms with van der Waals surface area (Å²) in [4.78, 5) is 17.1. The Balaban J connectivity index is 1.58. The van der Waals surface area contributed by atoms with Crippen LogP contribution in [-0.2, 0) is 18.6 Å². The van der Waals surface area contributed by atoms with Crippen molar-refractivity contribution in [1.29, 1.82) is 0 Å². The number of rotatable bonds is 3. The lowest BCUT2D eigenvalue weighted by atomic mass is 9.90. The van der Waals surface area contributed by atoms with Gasteiger partial charge in [0, 0.05) is 22.1 Å². The van der Waals surface area contributed by atoms with Crippen LogP contribution in [0.1, 0.15) is 23.1 Å². The molecule has 0 amide bonds. The molecule has 0 fully saturated rings. The predicted molar refractivity (Wildman–Crippen MR) is 108 cm³/mol. The second-order valence-corrected chi connectivity index (χ2v) is 8.27. The largest absolute Gasteiger partial charge is 0.431 e. The van der Waals surface area contributed by atoms with E-state index in [1.807, 2.05) is 30.3 Å². The molecule has 136 valence electrons. The summed E-state index contributed by atoms with van der Waals surface area (Å²) in [5.74, 6) is 0.763. The second kappa shape index (κ2) is 6.73. The lowest BCUT2D eigenvalue weighted by Gasteiger charge is -2.19. The number of alkyl halides is 1. The minimum Gasteiger partial charge on any atom is -0.431 e. The van der Waals surface area contributed by atoms with Gasteiger partial charge in [-0.1, -0.05) is 42.1 Å². The molecule has 0 bridgehead atoms. The van der Waals surface area contributed by atoms with E-state index in [1.165, 1.54) is 17.3 Å². The number of hydrogen-bond acceptors (Lipinski definition) is 5. The highest BCUT2D eigenvalue weighted by Gasteiger charge is 2.24. The Morgan fingerprint density at radius 1 is 1.11 bits per heavy atom. The van der Waals surface area contributed by atoms with E-state index in [1.54, 1.807) is 0 Å². The van der Waals surface area contributed by atoms with Gasteiger partial charge in [0.1, 0.15) is 0 Å². The molecule has 1 aliphatic rings. The van der Waals surface area contributed by atoms with Gasteiger partial charge in [-0.2, -0.15) is 4.98 Å². The standard InChI is InChI=1S/C21H16ClNO3S/c22-13-6-7-15-16(10-13)14-8-9-17-18(19(14)26-20(15)24)23-21(25-17)27-11-12-4-2-1-3-5-12/h1-5,8-9,13H,6-7,10-11H2. The quantitative estimate of drug-likeness (QED) is 0.266. The number of halogens is 1. The highest BCUT2D eigenvalue weighted by atomic mass is 35.5. The molecule has 0 saturated carbocycles. The fraction of sp³-hybridized carbons (Fsp3) is 0.238. The molecule has 0 spiro atoms. The van der Waals surface area contributed by atoms with Gasteiger partial charge < -0.3 is 8.83 Å². The topological polar surface area (TPSA) is 56.2 Å². The summed E-state index contributed by atoms with van der Waals surface area (Å²) in [5.41, 5.74) is 4.38. The van der Waals surface area contributed by atoms with E-state index in [4.69, 9.17) is 20.4 Å². The van der Waals surface area contributed by atoms with Gasteiger partial charge >= 0.3 is 5.63 Å². The van der Waals surface area contributed by atoms with Gasteiger partial charge in [0.25, 0.3) is 5.22 Å². The van der Waals surface area contributed by atoms with Crippen molar-refractivity contribution >= 4 is 45.4 Å². The van der Waals surface area contributed by atoms with Crippen LogP contribution in [0.3, 0.4) is 0 Å². The van der Waals surface area contributed by atoms with Crippen LogP contribution >= 0.6 is 23.4 Å². The molecule has 1 aliphatic carbocycles. The van der Waals surface area contributed by atoms with Crippen molar-refractivity contribution in [1.82, 2.24) is 4.98 Å². The molecule has 27 heavy (non-hydrogen) atoms. The smallest absolute Gasteiger partial charge is 0.339 e. The van der Waals surface area contributed by atoms with Crippen LogP contribution in [0.5, 0.6) is 0 Å². The van der Waals surface area contributed by atoms with E-state index in [-0.39, 0.29) is 11.0 Å². The Hall–Kier alpha value is -2.24. The number of oxazole rings is 1. The minimum atomic E-state index is -0.282. The molecule has 2 aromatic carbocycles. The zero-order valence-electron chi connectivity index (χ0n) is 14.4. The Morgan fingerprint density at radius 2 is 1.96 bits per heavy atom. The Bertz CT molecular complexity index is 1200. The van der Waals surface area contributed by atoms with Crippen LogP contribution < -0.4 is 5.63 Å². The van der Waals surface area contributed by atoms with Gasteiger partial charge in [0.15, 0.2) is 16.7 Å². The van der Waals surface area contributed by atoms with Crippen molar-refractivity contribution in [2.45, 2.75) is 35.6 Å². The summed E-state index contributed by atoms with van der Waals surface area (Å²) in [6, 6.07) is 14.0. The summed E-state index contributed by atoms with van der Waals surface area (Å²) in [7, 11) is 0. The number of benzene rings is 2. The lowest BCUT2D eigenvalue weighted by Crippen LogP contribution is -2.21. The Kier molecular flexibility index (Phi) is 4.21. The highest BCUT2D eigenvalue weighted by Crippen LogP contribution is 2.34. The molecule has 1 unspecified atom stereocenters. The van der Waals surface area contributed by atoms with Gasteiger partial charge in [-0.3, -0.25) is 0 Å². The zero-order chi connectivity index (χ0) is 18.4. The first kappa shape index (κ1) is 16.9. The maximum atomic E-state index is 12.5. The van der Waals surface area contributed by atoms with Crippen molar-refractivity contribution in [3.8, 4) is 0 Å². The molecule has 0 N–H and O–H groups in total. The van der Waals surface area contributed by atoms with Crippen LogP contribution in [-0.4, -0.2) is 10.4 Å². The normalized spacial score (nSPS) is 16.7. The molecule has 2 aromatic heterocycles. The van der Waals surface area contributed by atoms with E-state index in [2.05, 4.69) is 17.1 Å². The molecular formula is C21H16ClNO3S. The van der Waals surface area contributed by atoms with E-state index in [0.717, 1.165) is 28.7 Å². The first-order valence-electron chi connectivity index (χ1n) is 8.88. The van der Waals surface area contributed by atoms with Crippen molar-refractivity contribution in [3.63, 3.8) is 0 Å². The third-order valence-corrected chi connectivity index (χ3v) is 6.24. The first-order valence-corrected chi connectivity index (χ1v) is 10.3. The van der Waals surface area contributed by atoms with Crippen molar-refractivity contribution in [2.75, 3.05) is 0 Å². The van der Waals surface area contributed by atoms with Crippen molar-refractivity contribution in [2.24, 2.45) is 0 Å². The van der Waals surface area contributed by atoms with E-state index < -0.39 is 0 Å². The van der Waals surface area contributed by atoms with Gasteiger partial charge in [0.05, 0.1) is 0 Å². The third-order valence-electron chi connectivity index (χ3n) is 4.96. The van der Waals surface area contributed by atoms with Crippen LogP contribution in [0.25, 0.3) is 22.1 Å². The zero-order valence-corrected chi connectivity index (χ0v) is 16.0. The molecule has 0 aliphatic heterocycles. The number of hydrogen-bond donors (Lipinski definition) is 0. The third kappa shape index (κ3) is 3.05. The van der Waals surface area contributed by atoms with Gasteiger partial charge in [0.2, 0.25) is 0 Å². The first-order chi connectivity index (χ1) is 13.2. The molecule has 4 nitrogen and oxygen atoms in total. The molecule has 6 heteroatoms. The predicted octanol–water partition coefficient (Wildman–Crippen LogP) is 5.32. The number of thioether (sulfide) groups is 1. The molecule has 0 radical (unpaired) electrons. The molecule has 2 heterocycles. The molecular weight excluding hydrogens is 382 g/mol. The molecule has 0 saturated heterocycles. The monoisotopic (exact) mass is 397 g/mol. The van der Waals surface area contributed by atoms with Crippen LogP contribution in [0.2, 0.25) is 0 Å². The van der Waals surface area contributed by atoms with Crippen molar-refractivity contribution in [3.05, 3.63) is 69.6 Å². The molecule has 5 rings (SSSR count). The molecule has 4 aromatic rings. The number of fused-ring (bicyclic) bond motifs is 5. The average Bonchev–Trinajstić information content (AvgIpc) is 3.11. The SMILES string of the molecule is O=c1oc2c(ccc3oc(SCc4ccccc4)nc32)c2c1CCC(Cl)C2. The van der Waals surface area contributed by atoms with E-state index >= 15 is 0 Å². The van der Waals surface area contributed by atoms with Crippen LogP contribution in [0, 0.1) is 0 Å². The maximum Gasteiger partial charge on any atom is 0.339 e. The fourth-order valence-electron chi connectivity index (χ4n) is 3.62. The van der Waals surface area contributed by atoms with Crippen LogP contribution in [0.15, 0.2) is 61.3 Å². The summed E-state index contributed by atoms with van der Waals surface area (Å²) in [6.07, 6.45) is 2.14. The Labute approximate surface area is 164 Å². The fourth-order valence-corrected chi connectivity index (χ4v) is 4.67. The number of aromatic nitrogens is 1. The minimum absolute atomic E-state index is 0.0486. The second-order valence-electron chi connectivity index (χ2n) is 6.73. The van der Waals surface area contributed by atoms with Crippen molar-refractivity contribution < 1.29 is 8.83 Å². The molecule has 1 atom stereocenters. The van der Waals surface area contributed by atoms with E-state index in [9.17, 15) is 4.79 Å². The summed E-state index contributed by atoms with van der Waals surface area (Å²) in [6.45, 7) is 0. The maximum absolute atomic E-state index is 12.5. The summed E-state index contributed by atoms with van der Waals surface area (Å²) in [5, 5.41) is 1.53. The van der Waals surface area contributed by atoms with Gasteiger partial charge in [-0.05, 0) is 42.5 Å². The summed E-state index contributed by atoms with van der Waals surface area (Å²) >= 11 is 7.87.